The lowest BCUT2D eigenvalue weighted by Gasteiger charge is -2.39. The molecule has 3 aliphatic rings. The number of fused-ring (bicyclic) bond motifs is 3. The number of hydrogen-bond acceptors (Lipinski definition) is 6. The molecular formula is C21H24F2N4O3. The number of likely N-dealkylation sites (tertiary alicyclic amines) is 1. The number of methoxy groups -OCH3 is 1. The topological polar surface area (TPSA) is 93.5 Å². The Morgan fingerprint density at radius 1 is 1.37 bits per heavy atom. The van der Waals surface area contributed by atoms with Crippen LogP contribution in [-0.2, 0) is 15.9 Å². The van der Waals surface area contributed by atoms with Crippen molar-refractivity contribution in [2.45, 2.75) is 36.9 Å². The van der Waals surface area contributed by atoms with Crippen molar-refractivity contribution in [3.8, 4) is 0 Å². The molecule has 9 heteroatoms. The Bertz CT molecular complexity index is 981. The molecule has 1 aromatic carbocycles. The van der Waals surface area contributed by atoms with E-state index < -0.39 is 29.7 Å². The maximum atomic E-state index is 14.2. The molecular weight excluding hydrogens is 394 g/mol. The molecule has 0 saturated carbocycles. The minimum Gasteiger partial charge on any atom is -0.464 e. The van der Waals surface area contributed by atoms with Gasteiger partial charge in [-0.15, -0.1) is 0 Å². The third-order valence-corrected chi connectivity index (χ3v) is 6.75. The smallest absolute Gasteiger partial charge is 0.358 e. The lowest BCUT2D eigenvalue weighted by Crippen LogP contribution is -2.49. The van der Waals surface area contributed by atoms with Gasteiger partial charge in [0.05, 0.1) is 13.7 Å². The molecule has 7 nitrogen and oxygen atoms in total. The van der Waals surface area contributed by atoms with Gasteiger partial charge in [-0.3, -0.25) is 10.00 Å². The van der Waals surface area contributed by atoms with E-state index in [0.29, 0.717) is 24.6 Å². The Balaban J connectivity index is 1.29. The van der Waals surface area contributed by atoms with Crippen molar-refractivity contribution in [1.29, 1.82) is 0 Å². The van der Waals surface area contributed by atoms with E-state index in [1.807, 2.05) is 0 Å². The summed E-state index contributed by atoms with van der Waals surface area (Å²) < 4.78 is 38.5. The summed E-state index contributed by atoms with van der Waals surface area (Å²) in [4.78, 5) is 14.4. The summed E-state index contributed by atoms with van der Waals surface area (Å²) in [5, 5.41) is 7.13. The molecule has 3 heterocycles. The molecule has 0 spiro atoms. The van der Waals surface area contributed by atoms with E-state index in [0.717, 1.165) is 49.0 Å². The number of aromatic nitrogens is 2. The number of nitrogens with zero attached hydrogens (tertiary/aromatic N) is 2. The maximum absolute atomic E-state index is 14.2. The first kappa shape index (κ1) is 19.6. The minimum atomic E-state index is -0.662. The number of halogens is 2. The predicted molar refractivity (Wildman–Crippen MR) is 103 cm³/mol. The van der Waals surface area contributed by atoms with E-state index >= 15 is 0 Å². The molecule has 3 N–H and O–H groups in total. The SMILES string of the molecule is COC(=O)c1n[nH]c2c1C1CN([C@H]3CO[C@H](c4cc(F)ccc4F)[C@@H](N)C3)CC1C2. The number of nitrogens with one attached hydrogen (secondary N) is 1. The largest absolute Gasteiger partial charge is 0.464 e. The van der Waals surface area contributed by atoms with Crippen molar-refractivity contribution in [3.05, 3.63) is 52.3 Å². The fraction of sp³-hybridized carbons (Fsp3) is 0.524. The van der Waals surface area contributed by atoms with E-state index in [-0.39, 0.29) is 17.5 Å². The Morgan fingerprint density at radius 3 is 2.97 bits per heavy atom. The number of carbonyl (C=O) groups is 1. The second-order valence-corrected chi connectivity index (χ2v) is 8.45. The number of ether oxygens (including phenoxy) is 2. The van der Waals surface area contributed by atoms with Crippen LogP contribution in [0, 0.1) is 17.6 Å². The van der Waals surface area contributed by atoms with Crippen LogP contribution in [0.1, 0.15) is 45.8 Å². The quantitative estimate of drug-likeness (QED) is 0.740. The minimum absolute atomic E-state index is 0.0930. The molecule has 5 atom stereocenters. The van der Waals surface area contributed by atoms with Crippen LogP contribution >= 0.6 is 0 Å². The average Bonchev–Trinajstić information content (AvgIpc) is 3.40. The van der Waals surface area contributed by atoms with Crippen LogP contribution in [0.15, 0.2) is 18.2 Å². The van der Waals surface area contributed by atoms with E-state index in [1.165, 1.54) is 7.11 Å². The first-order valence-electron chi connectivity index (χ1n) is 10.2. The van der Waals surface area contributed by atoms with E-state index in [4.69, 9.17) is 15.2 Å². The van der Waals surface area contributed by atoms with Gasteiger partial charge in [0.15, 0.2) is 5.69 Å². The van der Waals surface area contributed by atoms with E-state index in [1.54, 1.807) is 0 Å². The van der Waals surface area contributed by atoms with Crippen LogP contribution in [0.2, 0.25) is 0 Å². The normalized spacial score (nSPS) is 30.9. The van der Waals surface area contributed by atoms with Crippen LogP contribution < -0.4 is 5.73 Å². The molecule has 2 aromatic rings. The zero-order valence-corrected chi connectivity index (χ0v) is 16.6. The number of H-pyrrole nitrogens is 1. The number of nitrogens with two attached hydrogens (primary N) is 1. The van der Waals surface area contributed by atoms with Crippen molar-refractivity contribution in [3.63, 3.8) is 0 Å². The summed E-state index contributed by atoms with van der Waals surface area (Å²) in [6.45, 7) is 2.05. The van der Waals surface area contributed by atoms with Crippen LogP contribution in [0.4, 0.5) is 8.78 Å². The number of rotatable bonds is 3. The fourth-order valence-electron chi connectivity index (χ4n) is 5.34. The second-order valence-electron chi connectivity index (χ2n) is 8.45. The van der Waals surface area contributed by atoms with Gasteiger partial charge in [0.25, 0.3) is 0 Å². The number of hydrogen-bond donors (Lipinski definition) is 2. The first-order chi connectivity index (χ1) is 14.5. The van der Waals surface area contributed by atoms with Crippen molar-refractivity contribution in [2.75, 3.05) is 26.8 Å². The van der Waals surface area contributed by atoms with Gasteiger partial charge in [0.2, 0.25) is 0 Å². The van der Waals surface area contributed by atoms with Gasteiger partial charge in [-0.1, -0.05) is 0 Å². The molecule has 5 rings (SSSR count). The van der Waals surface area contributed by atoms with Crippen molar-refractivity contribution in [2.24, 2.45) is 11.7 Å². The monoisotopic (exact) mass is 418 g/mol. The summed E-state index contributed by atoms with van der Waals surface area (Å²) in [6, 6.07) is 3.02. The first-order valence-corrected chi connectivity index (χ1v) is 10.2. The highest BCUT2D eigenvalue weighted by molar-refractivity contribution is 5.89. The highest BCUT2D eigenvalue weighted by atomic mass is 19.1. The third kappa shape index (κ3) is 3.12. The average molecular weight is 418 g/mol. The standard InChI is InChI=1S/C21H24F2N4O3/c1-29-21(28)19-18-14-8-27(7-10(14)4-17(18)25-26-19)12-6-16(24)20(30-9-12)13-5-11(22)2-3-15(13)23/h2-3,5,10,12,14,16,20H,4,6-9,24H2,1H3,(H,25,26)/t10?,12-,14?,16+,20-/m1/s1. The molecule has 2 aliphatic heterocycles. The number of esters is 1. The Labute approximate surface area is 172 Å². The summed E-state index contributed by atoms with van der Waals surface area (Å²) in [5.41, 5.74) is 8.86. The summed E-state index contributed by atoms with van der Waals surface area (Å²) in [6.07, 6.45) is 0.810. The summed E-state index contributed by atoms with van der Waals surface area (Å²) >= 11 is 0. The predicted octanol–water partition coefficient (Wildman–Crippen LogP) is 1.90. The van der Waals surface area contributed by atoms with E-state index in [9.17, 15) is 13.6 Å². The zero-order valence-electron chi connectivity index (χ0n) is 16.6. The second kappa shape index (κ2) is 7.40. The van der Waals surface area contributed by atoms with Crippen LogP contribution in [0.3, 0.4) is 0 Å². The number of aromatic amines is 1. The van der Waals surface area contributed by atoms with Crippen molar-refractivity contribution < 1.29 is 23.0 Å². The molecule has 1 aliphatic carbocycles. The molecule has 2 fully saturated rings. The van der Waals surface area contributed by atoms with Crippen LogP contribution in [0.25, 0.3) is 0 Å². The molecule has 30 heavy (non-hydrogen) atoms. The summed E-state index contributed by atoms with van der Waals surface area (Å²) in [5.74, 6) is -0.827. The number of benzene rings is 1. The Hall–Kier alpha value is -2.36. The van der Waals surface area contributed by atoms with E-state index in [2.05, 4.69) is 15.1 Å². The molecule has 160 valence electrons. The summed E-state index contributed by atoms with van der Waals surface area (Å²) in [7, 11) is 1.36. The van der Waals surface area contributed by atoms with Gasteiger partial charge < -0.3 is 15.2 Å². The van der Waals surface area contributed by atoms with Crippen molar-refractivity contribution in [1.82, 2.24) is 15.1 Å². The van der Waals surface area contributed by atoms with Gasteiger partial charge in [-0.25, -0.2) is 13.6 Å². The third-order valence-electron chi connectivity index (χ3n) is 6.75. The van der Waals surface area contributed by atoms with Gasteiger partial charge in [-0.2, -0.15) is 5.10 Å². The molecule has 2 unspecified atom stereocenters. The fourth-order valence-corrected chi connectivity index (χ4v) is 5.34. The molecule has 0 amide bonds. The van der Waals surface area contributed by atoms with Gasteiger partial charge in [0, 0.05) is 47.9 Å². The van der Waals surface area contributed by atoms with Crippen LogP contribution in [-0.4, -0.2) is 60.0 Å². The highest BCUT2D eigenvalue weighted by Gasteiger charge is 2.47. The molecule has 0 radical (unpaired) electrons. The van der Waals surface area contributed by atoms with Gasteiger partial charge in [0.1, 0.15) is 17.7 Å². The molecule has 1 aromatic heterocycles. The highest BCUT2D eigenvalue weighted by Crippen LogP contribution is 2.45. The van der Waals surface area contributed by atoms with Gasteiger partial charge >= 0.3 is 5.97 Å². The number of carbonyl (C=O) groups excluding carboxylic acids is 1. The maximum Gasteiger partial charge on any atom is 0.358 e. The van der Waals surface area contributed by atoms with Gasteiger partial charge in [-0.05, 0) is 37.0 Å². The molecule has 2 saturated heterocycles. The van der Waals surface area contributed by atoms with Crippen molar-refractivity contribution >= 4 is 5.97 Å². The Morgan fingerprint density at radius 2 is 2.20 bits per heavy atom. The Kier molecular flexibility index (Phi) is 4.83. The lowest BCUT2D eigenvalue weighted by molar-refractivity contribution is -0.0479. The molecule has 0 bridgehead atoms. The zero-order chi connectivity index (χ0) is 21.0. The lowest BCUT2D eigenvalue weighted by atomic mass is 9.93. The van der Waals surface area contributed by atoms with Crippen LogP contribution in [0.5, 0.6) is 0 Å².